The van der Waals surface area contributed by atoms with Crippen LogP contribution in [0, 0.1) is 0 Å². The Hall–Kier alpha value is -1.88. The van der Waals surface area contributed by atoms with Gasteiger partial charge in [-0.25, -0.2) is 17.7 Å². The fraction of sp³-hybridized carbons (Fsp3) is 0.455. The van der Waals surface area contributed by atoms with Gasteiger partial charge >= 0.3 is 12.1 Å². The highest BCUT2D eigenvalue weighted by molar-refractivity contribution is 7.89. The Morgan fingerprint density at radius 3 is 2.50 bits per heavy atom. The molecule has 1 aromatic heterocycles. The molecule has 0 aromatic carbocycles. The van der Waals surface area contributed by atoms with E-state index in [0.717, 1.165) is 22.6 Å². The molecule has 0 aliphatic heterocycles. The second kappa shape index (κ2) is 6.92. The van der Waals surface area contributed by atoms with Gasteiger partial charge in [0, 0.05) is 19.7 Å². The van der Waals surface area contributed by atoms with Crippen LogP contribution in [-0.4, -0.2) is 55.2 Å². The molecule has 0 amide bonds. The van der Waals surface area contributed by atoms with Crippen molar-refractivity contribution in [3.63, 3.8) is 0 Å². The van der Waals surface area contributed by atoms with Crippen LogP contribution in [0.25, 0.3) is 0 Å². The van der Waals surface area contributed by atoms with Crippen molar-refractivity contribution in [2.24, 2.45) is 0 Å². The van der Waals surface area contributed by atoms with E-state index in [4.69, 9.17) is 5.11 Å². The van der Waals surface area contributed by atoms with Gasteiger partial charge in [0.1, 0.15) is 4.90 Å². The molecule has 0 unspecified atom stereocenters. The summed E-state index contributed by atoms with van der Waals surface area (Å²) in [6.45, 7) is -1.78. The van der Waals surface area contributed by atoms with E-state index in [9.17, 15) is 26.4 Å². The summed E-state index contributed by atoms with van der Waals surface area (Å²) in [5.41, 5.74) is 0. The number of sulfonamides is 1. The van der Waals surface area contributed by atoms with Gasteiger partial charge in [0.05, 0.1) is 12.6 Å². The zero-order chi connectivity index (χ0) is 17.0. The Balaban J connectivity index is 2.78. The van der Waals surface area contributed by atoms with Crippen molar-refractivity contribution in [1.82, 2.24) is 9.29 Å². The minimum Gasteiger partial charge on any atom is -0.481 e. The molecule has 0 bridgehead atoms. The summed E-state index contributed by atoms with van der Waals surface area (Å²) in [6, 6.07) is 2.02. The first kappa shape index (κ1) is 18.2. The van der Waals surface area contributed by atoms with E-state index >= 15 is 0 Å². The van der Waals surface area contributed by atoms with Crippen LogP contribution >= 0.6 is 0 Å². The number of carboxylic acid groups (broad SMARTS) is 1. The van der Waals surface area contributed by atoms with E-state index in [1.165, 1.54) is 7.05 Å². The van der Waals surface area contributed by atoms with Gasteiger partial charge in [-0.3, -0.25) is 4.79 Å². The summed E-state index contributed by atoms with van der Waals surface area (Å²) in [7, 11) is -2.78. The highest BCUT2D eigenvalue weighted by Gasteiger charge is 2.29. The summed E-state index contributed by atoms with van der Waals surface area (Å²) in [4.78, 5) is 13.6. The Bertz CT molecular complexity index is 616. The molecule has 1 N–H and O–H groups in total. The molecule has 22 heavy (non-hydrogen) atoms. The second-order valence-corrected chi connectivity index (χ2v) is 6.25. The van der Waals surface area contributed by atoms with Crippen molar-refractivity contribution in [3.05, 3.63) is 18.3 Å². The van der Waals surface area contributed by atoms with Crippen LogP contribution in [0.2, 0.25) is 0 Å². The third-order valence-corrected chi connectivity index (χ3v) is 4.28. The van der Waals surface area contributed by atoms with E-state index in [0.29, 0.717) is 0 Å². The molecule has 1 heterocycles. The van der Waals surface area contributed by atoms with E-state index < -0.39 is 28.8 Å². The molecule has 0 aliphatic rings. The molecule has 7 nitrogen and oxygen atoms in total. The molecule has 0 radical (unpaired) electrons. The van der Waals surface area contributed by atoms with Gasteiger partial charge in [0.25, 0.3) is 0 Å². The predicted octanol–water partition coefficient (Wildman–Crippen LogP) is 1.12. The first-order chi connectivity index (χ1) is 10.0. The normalized spacial score (nSPS) is 12.4. The zero-order valence-corrected chi connectivity index (χ0v) is 12.2. The first-order valence-corrected chi connectivity index (χ1v) is 7.30. The minimum atomic E-state index is -4.52. The summed E-state index contributed by atoms with van der Waals surface area (Å²) >= 11 is 0. The van der Waals surface area contributed by atoms with Gasteiger partial charge in [0.2, 0.25) is 15.9 Å². The number of rotatable bonds is 7. The van der Waals surface area contributed by atoms with E-state index in [2.05, 4.69) is 9.72 Å². The lowest BCUT2D eigenvalue weighted by atomic mass is 10.4. The maximum atomic E-state index is 12.0. The molecule has 0 atom stereocenters. The van der Waals surface area contributed by atoms with Gasteiger partial charge in [-0.2, -0.15) is 13.2 Å². The number of aromatic nitrogens is 1. The van der Waals surface area contributed by atoms with Crippen LogP contribution in [0.1, 0.15) is 6.42 Å². The van der Waals surface area contributed by atoms with Crippen LogP contribution < -0.4 is 4.74 Å². The van der Waals surface area contributed by atoms with Gasteiger partial charge in [0.15, 0.2) is 6.61 Å². The third-order valence-electron chi connectivity index (χ3n) is 2.44. The van der Waals surface area contributed by atoms with Gasteiger partial charge in [-0.1, -0.05) is 0 Å². The standard InChI is InChI=1S/C11H13F3N2O5S/c1-16(5-4-10(17)18)22(19,20)8-2-3-9(15-6-8)21-7-11(12,13)14/h2-3,6H,4-5,7H2,1H3,(H,17,18). The number of carboxylic acids is 1. The minimum absolute atomic E-state index is 0.246. The first-order valence-electron chi connectivity index (χ1n) is 5.86. The van der Waals surface area contributed by atoms with Crippen molar-refractivity contribution >= 4 is 16.0 Å². The molecule has 1 aromatic rings. The largest absolute Gasteiger partial charge is 0.481 e. The molecule has 0 aliphatic carbocycles. The van der Waals surface area contributed by atoms with Gasteiger partial charge in [-0.05, 0) is 6.07 Å². The molecular weight excluding hydrogens is 329 g/mol. The van der Waals surface area contributed by atoms with Crippen molar-refractivity contribution in [3.8, 4) is 5.88 Å². The number of halogens is 3. The van der Waals surface area contributed by atoms with Crippen LogP contribution in [0.3, 0.4) is 0 Å². The summed E-state index contributed by atoms with van der Waals surface area (Å²) in [5.74, 6) is -1.53. The molecule has 11 heteroatoms. The molecule has 0 spiro atoms. The predicted molar refractivity (Wildman–Crippen MR) is 67.9 cm³/mol. The Kier molecular flexibility index (Phi) is 5.72. The van der Waals surface area contributed by atoms with Crippen LogP contribution in [0.5, 0.6) is 5.88 Å². The number of ether oxygens (including phenoxy) is 1. The average Bonchev–Trinajstić information content (AvgIpc) is 2.42. The van der Waals surface area contributed by atoms with Crippen molar-refractivity contribution in [1.29, 1.82) is 0 Å². The van der Waals surface area contributed by atoms with Crippen molar-refractivity contribution in [2.75, 3.05) is 20.2 Å². The molecule has 0 saturated heterocycles. The van der Waals surface area contributed by atoms with Gasteiger partial charge in [-0.15, -0.1) is 0 Å². The smallest absolute Gasteiger partial charge is 0.422 e. The van der Waals surface area contributed by atoms with E-state index in [-0.39, 0.29) is 23.7 Å². The average molecular weight is 342 g/mol. The third kappa shape index (κ3) is 5.48. The van der Waals surface area contributed by atoms with Crippen molar-refractivity contribution in [2.45, 2.75) is 17.5 Å². The Morgan fingerprint density at radius 2 is 2.05 bits per heavy atom. The Labute approximate surface area is 124 Å². The summed E-state index contributed by atoms with van der Waals surface area (Å²) in [6.07, 6.45) is -4.06. The lowest BCUT2D eigenvalue weighted by Gasteiger charge is -2.16. The molecule has 1 rings (SSSR count). The van der Waals surface area contributed by atoms with Crippen LogP contribution in [0.4, 0.5) is 13.2 Å². The summed E-state index contributed by atoms with van der Waals surface area (Å²) < 4.78 is 65.1. The number of alkyl halides is 3. The fourth-order valence-electron chi connectivity index (χ4n) is 1.31. The molecular formula is C11H13F3N2O5S. The number of aliphatic carboxylic acids is 1. The zero-order valence-electron chi connectivity index (χ0n) is 11.4. The monoisotopic (exact) mass is 342 g/mol. The quantitative estimate of drug-likeness (QED) is 0.797. The number of hydrogen-bond acceptors (Lipinski definition) is 5. The van der Waals surface area contributed by atoms with E-state index in [1.54, 1.807) is 0 Å². The number of hydrogen-bond donors (Lipinski definition) is 1. The Morgan fingerprint density at radius 1 is 1.41 bits per heavy atom. The lowest BCUT2D eigenvalue weighted by Crippen LogP contribution is -2.29. The molecule has 0 fully saturated rings. The maximum absolute atomic E-state index is 12.0. The highest BCUT2D eigenvalue weighted by atomic mass is 32.2. The van der Waals surface area contributed by atoms with Crippen LogP contribution in [0.15, 0.2) is 23.2 Å². The van der Waals surface area contributed by atoms with Crippen LogP contribution in [-0.2, 0) is 14.8 Å². The SMILES string of the molecule is CN(CCC(=O)O)S(=O)(=O)c1ccc(OCC(F)(F)F)nc1. The van der Waals surface area contributed by atoms with Crippen molar-refractivity contribution < 1.29 is 36.2 Å². The van der Waals surface area contributed by atoms with E-state index in [1.807, 2.05) is 0 Å². The summed E-state index contributed by atoms with van der Waals surface area (Å²) in [5, 5.41) is 8.52. The number of nitrogens with zero attached hydrogens (tertiary/aromatic N) is 2. The van der Waals surface area contributed by atoms with Gasteiger partial charge < -0.3 is 9.84 Å². The second-order valence-electron chi connectivity index (χ2n) is 4.21. The lowest BCUT2D eigenvalue weighted by molar-refractivity contribution is -0.154. The maximum Gasteiger partial charge on any atom is 0.422 e. The highest BCUT2D eigenvalue weighted by Crippen LogP contribution is 2.19. The fourth-order valence-corrected chi connectivity index (χ4v) is 2.43. The molecule has 0 saturated carbocycles. The molecule has 124 valence electrons. The number of pyridine rings is 1. The topological polar surface area (TPSA) is 96.8 Å². The number of carbonyl (C=O) groups is 1.